The van der Waals surface area contributed by atoms with Gasteiger partial charge in [-0.25, -0.2) is 0 Å². The van der Waals surface area contributed by atoms with Gasteiger partial charge < -0.3 is 10.4 Å². The normalized spacial score (nSPS) is 11.6. The minimum Gasteiger partial charge on any atom is -0.481 e. The summed E-state index contributed by atoms with van der Waals surface area (Å²) in [6, 6.07) is 0. The van der Waals surface area contributed by atoms with Gasteiger partial charge in [-0.2, -0.15) is 11.8 Å². The molecule has 0 aromatic heterocycles. The molecule has 0 aromatic rings. The highest BCUT2D eigenvalue weighted by Gasteiger charge is 2.34. The lowest BCUT2D eigenvalue weighted by atomic mass is 9.82. The number of amides is 1. The Bertz CT molecular complexity index is 288. The summed E-state index contributed by atoms with van der Waals surface area (Å²) < 4.78 is 0. The second-order valence-electron chi connectivity index (χ2n) is 5.30. The fraction of sp³-hybridized carbons (Fsp3) is 0.857. The largest absolute Gasteiger partial charge is 0.481 e. The summed E-state index contributed by atoms with van der Waals surface area (Å²) >= 11 is 1.60. The molecule has 2 N–H and O–H groups in total. The molecule has 0 heterocycles. The Morgan fingerprint density at radius 2 is 1.84 bits per heavy atom. The third-order valence-electron chi connectivity index (χ3n) is 3.50. The highest BCUT2D eigenvalue weighted by Crippen LogP contribution is 2.25. The molecule has 112 valence electrons. The number of hydrogen-bond donors (Lipinski definition) is 2. The summed E-state index contributed by atoms with van der Waals surface area (Å²) in [6.07, 6.45) is 2.15. The molecule has 1 amide bonds. The van der Waals surface area contributed by atoms with E-state index in [4.69, 9.17) is 0 Å². The predicted octanol–water partition coefficient (Wildman–Crippen LogP) is 2.77. The molecule has 0 bridgehead atoms. The van der Waals surface area contributed by atoms with Crippen LogP contribution in [0.2, 0.25) is 0 Å². The maximum atomic E-state index is 11.7. The molecule has 0 saturated carbocycles. The number of carbonyl (C=O) groups is 2. The van der Waals surface area contributed by atoms with Crippen LogP contribution in [-0.2, 0) is 9.59 Å². The van der Waals surface area contributed by atoms with Crippen molar-refractivity contribution in [1.82, 2.24) is 5.32 Å². The number of carbonyl (C=O) groups excluding carboxylic acids is 1. The Hall–Kier alpha value is -0.710. The minimum atomic E-state index is -0.828. The molecule has 0 aromatic carbocycles. The van der Waals surface area contributed by atoms with Gasteiger partial charge in [-0.3, -0.25) is 9.59 Å². The van der Waals surface area contributed by atoms with E-state index in [-0.39, 0.29) is 12.5 Å². The number of hydrogen-bond acceptors (Lipinski definition) is 3. The average Bonchev–Trinajstić information content (AvgIpc) is 2.36. The summed E-state index contributed by atoms with van der Waals surface area (Å²) in [5.41, 5.74) is -0.821. The first-order chi connectivity index (χ1) is 8.88. The maximum Gasteiger partial charge on any atom is 0.311 e. The first kappa shape index (κ1) is 18.3. The van der Waals surface area contributed by atoms with Crippen molar-refractivity contribution in [3.8, 4) is 0 Å². The molecule has 0 aliphatic heterocycles. The Morgan fingerprint density at radius 3 is 2.26 bits per heavy atom. The van der Waals surface area contributed by atoms with Crippen LogP contribution in [0.1, 0.15) is 47.0 Å². The van der Waals surface area contributed by atoms with Crippen LogP contribution in [-0.4, -0.2) is 35.0 Å². The molecule has 0 saturated heterocycles. The van der Waals surface area contributed by atoms with Crippen molar-refractivity contribution in [2.24, 2.45) is 11.3 Å². The first-order valence-electron chi connectivity index (χ1n) is 6.95. The van der Waals surface area contributed by atoms with E-state index in [1.165, 1.54) is 0 Å². The molecule has 0 radical (unpaired) electrons. The Morgan fingerprint density at radius 1 is 1.26 bits per heavy atom. The van der Waals surface area contributed by atoms with E-state index < -0.39 is 11.4 Å². The van der Waals surface area contributed by atoms with Gasteiger partial charge in [0.15, 0.2) is 0 Å². The second kappa shape index (κ2) is 9.23. The van der Waals surface area contributed by atoms with Crippen molar-refractivity contribution in [1.29, 1.82) is 0 Å². The summed E-state index contributed by atoms with van der Waals surface area (Å²) in [4.78, 5) is 22.9. The zero-order valence-corrected chi connectivity index (χ0v) is 13.3. The molecule has 0 spiro atoms. The zero-order valence-electron chi connectivity index (χ0n) is 12.5. The smallest absolute Gasteiger partial charge is 0.311 e. The zero-order chi connectivity index (χ0) is 14.9. The number of aliphatic carboxylic acids is 1. The highest BCUT2D eigenvalue weighted by atomic mass is 32.2. The van der Waals surface area contributed by atoms with Crippen molar-refractivity contribution in [3.05, 3.63) is 0 Å². The third kappa shape index (κ3) is 6.85. The number of thioether (sulfide) groups is 1. The van der Waals surface area contributed by atoms with Gasteiger partial charge in [0.25, 0.3) is 0 Å². The standard InChI is InChI=1S/C14H27NO3S/c1-5-14(6-2,13(17)18)10-15-12(16)9-19-8-7-11(3)4/h11H,5-10H2,1-4H3,(H,15,16)(H,17,18). The SMILES string of the molecule is CCC(CC)(CNC(=O)CSCCC(C)C)C(=O)O. The Kier molecular flexibility index (Phi) is 8.89. The van der Waals surface area contributed by atoms with E-state index in [1.807, 2.05) is 13.8 Å². The number of carboxylic acids is 1. The Balaban J connectivity index is 4.03. The fourth-order valence-electron chi connectivity index (χ4n) is 1.68. The third-order valence-corrected chi connectivity index (χ3v) is 4.49. The number of carboxylic acid groups (broad SMARTS) is 1. The van der Waals surface area contributed by atoms with Crippen LogP contribution in [0.3, 0.4) is 0 Å². The van der Waals surface area contributed by atoms with Crippen LogP contribution in [0.4, 0.5) is 0 Å². The molecule has 4 nitrogen and oxygen atoms in total. The summed E-state index contributed by atoms with van der Waals surface area (Å²) in [5.74, 6) is 1.13. The molecular weight excluding hydrogens is 262 g/mol. The van der Waals surface area contributed by atoms with Crippen LogP contribution in [0.15, 0.2) is 0 Å². The van der Waals surface area contributed by atoms with E-state index in [0.717, 1.165) is 12.2 Å². The van der Waals surface area contributed by atoms with E-state index in [0.29, 0.717) is 24.5 Å². The van der Waals surface area contributed by atoms with Gasteiger partial charge in [0.2, 0.25) is 5.91 Å². The topological polar surface area (TPSA) is 66.4 Å². The number of nitrogens with one attached hydrogen (secondary N) is 1. The van der Waals surface area contributed by atoms with Crippen LogP contribution in [0, 0.1) is 11.3 Å². The van der Waals surface area contributed by atoms with Gasteiger partial charge in [-0.1, -0.05) is 27.7 Å². The van der Waals surface area contributed by atoms with Crippen LogP contribution in [0.25, 0.3) is 0 Å². The van der Waals surface area contributed by atoms with Gasteiger partial charge in [-0.05, 0) is 30.9 Å². The van der Waals surface area contributed by atoms with Gasteiger partial charge >= 0.3 is 5.97 Å². The number of rotatable bonds is 10. The van der Waals surface area contributed by atoms with Crippen molar-refractivity contribution in [2.75, 3.05) is 18.1 Å². The lowest BCUT2D eigenvalue weighted by Gasteiger charge is -2.26. The van der Waals surface area contributed by atoms with E-state index >= 15 is 0 Å². The van der Waals surface area contributed by atoms with Crippen LogP contribution >= 0.6 is 11.8 Å². The van der Waals surface area contributed by atoms with Gasteiger partial charge in [0, 0.05) is 6.54 Å². The molecule has 0 unspecified atom stereocenters. The van der Waals surface area contributed by atoms with Gasteiger partial charge in [-0.15, -0.1) is 0 Å². The van der Waals surface area contributed by atoms with Crippen molar-refractivity contribution >= 4 is 23.6 Å². The molecular formula is C14H27NO3S. The molecule has 0 fully saturated rings. The predicted molar refractivity (Wildman–Crippen MR) is 80.4 cm³/mol. The summed E-state index contributed by atoms with van der Waals surface area (Å²) in [7, 11) is 0. The van der Waals surface area contributed by atoms with E-state index in [9.17, 15) is 14.7 Å². The molecule has 0 aliphatic carbocycles. The minimum absolute atomic E-state index is 0.0683. The summed E-state index contributed by atoms with van der Waals surface area (Å²) in [5, 5.41) is 12.0. The van der Waals surface area contributed by atoms with E-state index in [2.05, 4.69) is 19.2 Å². The molecule has 19 heavy (non-hydrogen) atoms. The Labute approximate surface area is 120 Å². The second-order valence-corrected chi connectivity index (χ2v) is 6.41. The average molecular weight is 289 g/mol. The van der Waals surface area contributed by atoms with Crippen molar-refractivity contribution in [2.45, 2.75) is 47.0 Å². The molecule has 5 heteroatoms. The van der Waals surface area contributed by atoms with Crippen LogP contribution in [0.5, 0.6) is 0 Å². The first-order valence-corrected chi connectivity index (χ1v) is 8.11. The van der Waals surface area contributed by atoms with E-state index in [1.54, 1.807) is 11.8 Å². The molecule has 0 aliphatic rings. The molecule has 0 rings (SSSR count). The summed E-state index contributed by atoms with van der Waals surface area (Å²) in [6.45, 7) is 8.23. The van der Waals surface area contributed by atoms with Crippen molar-refractivity contribution < 1.29 is 14.7 Å². The van der Waals surface area contributed by atoms with Crippen molar-refractivity contribution in [3.63, 3.8) is 0 Å². The fourth-order valence-corrected chi connectivity index (χ4v) is 2.75. The maximum absolute atomic E-state index is 11.7. The van der Waals surface area contributed by atoms with Gasteiger partial charge in [0.05, 0.1) is 11.2 Å². The monoisotopic (exact) mass is 289 g/mol. The lowest BCUT2D eigenvalue weighted by molar-refractivity contribution is -0.149. The highest BCUT2D eigenvalue weighted by molar-refractivity contribution is 7.99. The lowest BCUT2D eigenvalue weighted by Crippen LogP contribution is -2.42. The quantitative estimate of drug-likeness (QED) is 0.607. The van der Waals surface area contributed by atoms with Crippen LogP contribution < -0.4 is 5.32 Å². The molecule has 0 atom stereocenters. The van der Waals surface area contributed by atoms with Gasteiger partial charge in [0.1, 0.15) is 0 Å².